The fourth-order valence-corrected chi connectivity index (χ4v) is 1.38. The van der Waals surface area contributed by atoms with Crippen molar-refractivity contribution >= 4 is 15.9 Å². The maximum absolute atomic E-state index is 4.25. The Morgan fingerprint density at radius 2 is 2.33 bits per heavy atom. The van der Waals surface area contributed by atoms with E-state index < -0.39 is 0 Å². The highest BCUT2D eigenvalue weighted by molar-refractivity contribution is 9.09. The Hall–Kier alpha value is -0.310. The van der Waals surface area contributed by atoms with Crippen LogP contribution in [-0.4, -0.2) is 14.9 Å². The maximum Gasteiger partial charge on any atom is 0.105 e. The standard InChI is InChI=1S/C9H15BrN2/c1-7(5-10)4-9-6-11-8(2)12(9)3/h6-7H,4-5H2,1-3H3. The van der Waals surface area contributed by atoms with Crippen molar-refractivity contribution in [3.8, 4) is 0 Å². The fraction of sp³-hybridized carbons (Fsp3) is 0.667. The van der Waals surface area contributed by atoms with E-state index in [0.29, 0.717) is 5.92 Å². The zero-order chi connectivity index (χ0) is 9.14. The topological polar surface area (TPSA) is 17.8 Å². The number of aromatic nitrogens is 2. The minimum absolute atomic E-state index is 0.680. The van der Waals surface area contributed by atoms with Crippen LogP contribution in [0.15, 0.2) is 6.20 Å². The first-order valence-corrected chi connectivity index (χ1v) is 5.30. The highest BCUT2D eigenvalue weighted by Crippen LogP contribution is 2.10. The molecule has 0 amide bonds. The number of nitrogens with zero attached hydrogens (tertiary/aromatic N) is 2. The number of halogens is 1. The lowest BCUT2D eigenvalue weighted by Gasteiger charge is -2.07. The smallest absolute Gasteiger partial charge is 0.105 e. The van der Waals surface area contributed by atoms with Gasteiger partial charge in [-0.1, -0.05) is 22.9 Å². The van der Waals surface area contributed by atoms with Gasteiger partial charge in [0.2, 0.25) is 0 Å². The normalized spacial score (nSPS) is 13.3. The van der Waals surface area contributed by atoms with Crippen molar-refractivity contribution in [1.29, 1.82) is 0 Å². The largest absolute Gasteiger partial charge is 0.335 e. The quantitative estimate of drug-likeness (QED) is 0.730. The Kier molecular flexibility index (Phi) is 3.32. The Labute approximate surface area is 82.1 Å². The molecule has 0 aromatic carbocycles. The summed E-state index contributed by atoms with van der Waals surface area (Å²) in [6.07, 6.45) is 3.07. The molecule has 2 nitrogen and oxygen atoms in total. The average molecular weight is 231 g/mol. The molecule has 1 heterocycles. The van der Waals surface area contributed by atoms with E-state index >= 15 is 0 Å². The van der Waals surface area contributed by atoms with Gasteiger partial charge in [0.1, 0.15) is 5.82 Å². The average Bonchev–Trinajstić information content (AvgIpc) is 2.36. The number of alkyl halides is 1. The summed E-state index contributed by atoms with van der Waals surface area (Å²) in [5.74, 6) is 1.77. The lowest BCUT2D eigenvalue weighted by Crippen LogP contribution is -2.05. The van der Waals surface area contributed by atoms with E-state index in [2.05, 4.69) is 39.5 Å². The highest BCUT2D eigenvalue weighted by Gasteiger charge is 2.06. The van der Waals surface area contributed by atoms with Crippen molar-refractivity contribution in [2.45, 2.75) is 20.3 Å². The lowest BCUT2D eigenvalue weighted by atomic mass is 10.1. The van der Waals surface area contributed by atoms with E-state index in [1.165, 1.54) is 5.69 Å². The molecule has 1 unspecified atom stereocenters. The molecule has 0 aliphatic carbocycles. The maximum atomic E-state index is 4.25. The van der Waals surface area contributed by atoms with Gasteiger partial charge in [0, 0.05) is 24.3 Å². The minimum atomic E-state index is 0.680. The molecule has 0 N–H and O–H groups in total. The molecule has 1 aromatic heterocycles. The molecule has 0 spiro atoms. The molecule has 0 saturated heterocycles. The van der Waals surface area contributed by atoms with E-state index in [1.54, 1.807) is 0 Å². The third kappa shape index (κ3) is 2.09. The van der Waals surface area contributed by atoms with Gasteiger partial charge in [0.05, 0.1) is 0 Å². The Morgan fingerprint density at radius 3 is 2.75 bits per heavy atom. The molecule has 12 heavy (non-hydrogen) atoms. The molecule has 68 valence electrons. The summed E-state index contributed by atoms with van der Waals surface area (Å²) < 4.78 is 2.15. The summed E-state index contributed by atoms with van der Waals surface area (Å²) in [5, 5.41) is 1.05. The van der Waals surface area contributed by atoms with Crippen LogP contribution in [-0.2, 0) is 13.5 Å². The van der Waals surface area contributed by atoms with Crippen molar-refractivity contribution in [3.63, 3.8) is 0 Å². The van der Waals surface area contributed by atoms with Crippen LogP contribution < -0.4 is 0 Å². The Morgan fingerprint density at radius 1 is 1.67 bits per heavy atom. The molecule has 0 aliphatic heterocycles. The van der Waals surface area contributed by atoms with Gasteiger partial charge >= 0.3 is 0 Å². The third-order valence-electron chi connectivity index (χ3n) is 2.14. The molecular formula is C9H15BrN2. The van der Waals surface area contributed by atoms with Crippen molar-refractivity contribution in [1.82, 2.24) is 9.55 Å². The first-order chi connectivity index (χ1) is 5.65. The first kappa shape index (κ1) is 9.78. The summed E-state index contributed by atoms with van der Waals surface area (Å²) in [6, 6.07) is 0. The van der Waals surface area contributed by atoms with Crippen LogP contribution in [0.1, 0.15) is 18.4 Å². The van der Waals surface area contributed by atoms with Crippen molar-refractivity contribution < 1.29 is 0 Å². The second-order valence-corrected chi connectivity index (χ2v) is 3.97. The molecule has 3 heteroatoms. The van der Waals surface area contributed by atoms with E-state index in [0.717, 1.165) is 17.6 Å². The van der Waals surface area contributed by atoms with Crippen molar-refractivity contribution in [2.24, 2.45) is 13.0 Å². The van der Waals surface area contributed by atoms with Crippen LogP contribution in [0.3, 0.4) is 0 Å². The molecular weight excluding hydrogens is 216 g/mol. The number of imidazole rings is 1. The first-order valence-electron chi connectivity index (χ1n) is 4.18. The second kappa shape index (κ2) is 4.08. The molecule has 1 rings (SSSR count). The summed E-state index contributed by atoms with van der Waals surface area (Å²) in [5.41, 5.74) is 1.32. The zero-order valence-electron chi connectivity index (χ0n) is 7.84. The van der Waals surface area contributed by atoms with Crippen LogP contribution in [0.2, 0.25) is 0 Å². The lowest BCUT2D eigenvalue weighted by molar-refractivity contribution is 0.625. The monoisotopic (exact) mass is 230 g/mol. The number of hydrogen-bond acceptors (Lipinski definition) is 1. The summed E-state index contributed by atoms with van der Waals surface area (Å²) in [7, 11) is 2.07. The number of hydrogen-bond donors (Lipinski definition) is 0. The van der Waals surface area contributed by atoms with E-state index in [-0.39, 0.29) is 0 Å². The van der Waals surface area contributed by atoms with Gasteiger partial charge in [-0.3, -0.25) is 0 Å². The summed E-state index contributed by atoms with van der Waals surface area (Å²) in [4.78, 5) is 4.25. The Bertz CT molecular complexity index is 255. The minimum Gasteiger partial charge on any atom is -0.335 e. The van der Waals surface area contributed by atoms with Crippen LogP contribution in [0.25, 0.3) is 0 Å². The summed E-state index contributed by atoms with van der Waals surface area (Å²) in [6.45, 7) is 4.26. The van der Waals surface area contributed by atoms with Crippen LogP contribution >= 0.6 is 15.9 Å². The highest BCUT2D eigenvalue weighted by atomic mass is 79.9. The molecule has 0 bridgehead atoms. The third-order valence-corrected chi connectivity index (χ3v) is 3.24. The van der Waals surface area contributed by atoms with Gasteiger partial charge in [0.15, 0.2) is 0 Å². The van der Waals surface area contributed by atoms with Crippen molar-refractivity contribution in [3.05, 3.63) is 17.7 Å². The van der Waals surface area contributed by atoms with E-state index in [1.807, 2.05) is 13.1 Å². The van der Waals surface area contributed by atoms with Gasteiger partial charge < -0.3 is 4.57 Å². The second-order valence-electron chi connectivity index (χ2n) is 3.32. The van der Waals surface area contributed by atoms with Crippen LogP contribution in [0.5, 0.6) is 0 Å². The molecule has 0 radical (unpaired) electrons. The van der Waals surface area contributed by atoms with Gasteiger partial charge in [-0.25, -0.2) is 4.98 Å². The molecule has 0 fully saturated rings. The van der Waals surface area contributed by atoms with Crippen LogP contribution in [0, 0.1) is 12.8 Å². The Balaban J connectivity index is 2.69. The molecule has 0 saturated carbocycles. The van der Waals surface area contributed by atoms with Gasteiger partial charge in [-0.2, -0.15) is 0 Å². The molecule has 1 aromatic rings. The van der Waals surface area contributed by atoms with Gasteiger partial charge in [-0.05, 0) is 19.3 Å². The number of aryl methyl sites for hydroxylation is 1. The SMILES string of the molecule is Cc1ncc(CC(C)CBr)n1C. The van der Waals surface area contributed by atoms with E-state index in [9.17, 15) is 0 Å². The number of rotatable bonds is 3. The van der Waals surface area contributed by atoms with Gasteiger partial charge in [-0.15, -0.1) is 0 Å². The zero-order valence-corrected chi connectivity index (χ0v) is 9.43. The van der Waals surface area contributed by atoms with Gasteiger partial charge in [0.25, 0.3) is 0 Å². The molecule has 1 atom stereocenters. The molecule has 0 aliphatic rings. The van der Waals surface area contributed by atoms with Crippen LogP contribution in [0.4, 0.5) is 0 Å². The van der Waals surface area contributed by atoms with Crippen molar-refractivity contribution in [2.75, 3.05) is 5.33 Å². The predicted molar refractivity (Wildman–Crippen MR) is 54.6 cm³/mol. The van der Waals surface area contributed by atoms with E-state index in [4.69, 9.17) is 0 Å². The fourth-order valence-electron chi connectivity index (χ4n) is 1.15. The summed E-state index contributed by atoms with van der Waals surface area (Å²) >= 11 is 3.47. The predicted octanol–water partition coefficient (Wildman–Crippen LogP) is 2.30.